The molecule has 0 aliphatic carbocycles. The van der Waals surface area contributed by atoms with Gasteiger partial charge < -0.3 is 35.4 Å². The molecule has 6 N–H and O–H groups in total. The van der Waals surface area contributed by atoms with Crippen molar-refractivity contribution >= 4 is 0 Å². The van der Waals surface area contributed by atoms with E-state index in [9.17, 15) is 20.4 Å². The van der Waals surface area contributed by atoms with Crippen molar-refractivity contribution in [3.05, 3.63) is 24.3 Å². The second-order valence-corrected chi connectivity index (χ2v) is 4.25. The first-order valence-corrected chi connectivity index (χ1v) is 5.63. The molecule has 0 amide bonds. The van der Waals surface area contributed by atoms with Gasteiger partial charge in [0, 0.05) is 0 Å². The van der Waals surface area contributed by atoms with E-state index < -0.39 is 50.8 Å². The summed E-state index contributed by atoms with van der Waals surface area (Å²) in [4.78, 5) is 0. The number of aliphatic hydroxyl groups is 6. The molecular formula is C12H22O7. The number of hydrogen-bond acceptors (Lipinski definition) is 7. The van der Waals surface area contributed by atoms with Crippen molar-refractivity contribution in [1.82, 2.24) is 0 Å². The summed E-state index contributed by atoms with van der Waals surface area (Å²) in [6.07, 6.45) is 0. The fourth-order valence-electron chi connectivity index (χ4n) is 1.48. The van der Waals surface area contributed by atoms with Crippen LogP contribution in [0.1, 0.15) is 0 Å². The van der Waals surface area contributed by atoms with Gasteiger partial charge in [0.1, 0.15) is 11.2 Å². The second-order valence-electron chi connectivity index (χ2n) is 4.25. The normalized spacial score (nSPS) is 12.5. The van der Waals surface area contributed by atoms with E-state index >= 15 is 0 Å². The zero-order valence-electron chi connectivity index (χ0n) is 10.7. The van der Waals surface area contributed by atoms with Crippen molar-refractivity contribution in [2.75, 3.05) is 39.6 Å². The lowest BCUT2D eigenvalue weighted by Gasteiger charge is -2.42. The van der Waals surface area contributed by atoms with Crippen LogP contribution in [-0.4, -0.2) is 81.5 Å². The Morgan fingerprint density at radius 3 is 1.11 bits per heavy atom. The molecular weight excluding hydrogens is 256 g/mol. The van der Waals surface area contributed by atoms with Gasteiger partial charge in [0.25, 0.3) is 0 Å². The van der Waals surface area contributed by atoms with Crippen LogP contribution < -0.4 is 0 Å². The minimum Gasteiger partial charge on any atom is -0.393 e. The molecule has 0 rings (SSSR count). The Morgan fingerprint density at radius 2 is 0.947 bits per heavy atom. The molecule has 7 nitrogen and oxygen atoms in total. The number of aliphatic hydroxyl groups excluding tert-OH is 6. The van der Waals surface area contributed by atoms with E-state index in [4.69, 9.17) is 14.9 Å². The van der Waals surface area contributed by atoms with Gasteiger partial charge in [-0.25, -0.2) is 0 Å². The summed E-state index contributed by atoms with van der Waals surface area (Å²) in [5.41, 5.74) is -3.60. The maximum atomic E-state index is 9.37. The van der Waals surface area contributed by atoms with Gasteiger partial charge in [-0.1, -0.05) is 13.2 Å². The van der Waals surface area contributed by atoms with Crippen molar-refractivity contribution in [2.24, 2.45) is 0 Å². The fourth-order valence-corrected chi connectivity index (χ4v) is 1.48. The Balaban J connectivity index is 5.50. The van der Waals surface area contributed by atoms with Crippen molar-refractivity contribution in [1.29, 1.82) is 0 Å². The second kappa shape index (κ2) is 7.71. The van der Waals surface area contributed by atoms with Crippen molar-refractivity contribution < 1.29 is 35.4 Å². The number of rotatable bonds is 10. The molecule has 0 saturated carbocycles. The van der Waals surface area contributed by atoms with E-state index in [0.717, 1.165) is 0 Å². The highest BCUT2D eigenvalue weighted by molar-refractivity contribution is 5.20. The summed E-state index contributed by atoms with van der Waals surface area (Å²) in [6.45, 7) is 2.88. The first kappa shape index (κ1) is 18.2. The SMILES string of the molecule is C=C(CO)C(CO)(CO)OC(CO)(CO)C(=C)CO. The molecule has 0 aliphatic heterocycles. The Bertz CT molecular complexity index is 275. The predicted octanol–water partition coefficient (Wildman–Crippen LogP) is -2.45. The maximum Gasteiger partial charge on any atom is 0.138 e. The molecule has 0 aliphatic rings. The Hall–Kier alpha value is -0.800. The lowest BCUT2D eigenvalue weighted by molar-refractivity contribution is -0.188. The standard InChI is InChI=1S/C12H22O7/c1-9(3-13)11(5-15,6-16)19-12(7-17,8-18)10(2)4-14/h13-18H,1-8H2. The Labute approximate surface area is 111 Å². The summed E-state index contributed by atoms with van der Waals surface area (Å²) in [6, 6.07) is 0. The average Bonchev–Trinajstić information content (AvgIpc) is 2.48. The molecule has 7 heteroatoms. The zero-order valence-corrected chi connectivity index (χ0v) is 10.7. The summed E-state index contributed by atoms with van der Waals surface area (Å²) < 4.78 is 5.41. The Kier molecular flexibility index (Phi) is 7.38. The van der Waals surface area contributed by atoms with Crippen LogP contribution in [0.15, 0.2) is 24.3 Å². The van der Waals surface area contributed by atoms with Crippen molar-refractivity contribution in [3.63, 3.8) is 0 Å². The van der Waals surface area contributed by atoms with Gasteiger partial charge in [-0.15, -0.1) is 0 Å². The first-order chi connectivity index (χ1) is 8.91. The molecule has 112 valence electrons. The average molecular weight is 278 g/mol. The van der Waals surface area contributed by atoms with Crippen LogP contribution in [0.4, 0.5) is 0 Å². The Morgan fingerprint density at radius 1 is 0.684 bits per heavy atom. The van der Waals surface area contributed by atoms with E-state index in [0.29, 0.717) is 0 Å². The van der Waals surface area contributed by atoms with Crippen LogP contribution >= 0.6 is 0 Å². The van der Waals surface area contributed by atoms with Crippen molar-refractivity contribution in [3.8, 4) is 0 Å². The van der Waals surface area contributed by atoms with E-state index in [1.54, 1.807) is 0 Å². The fraction of sp³-hybridized carbons (Fsp3) is 0.667. The zero-order chi connectivity index (χ0) is 15.1. The van der Waals surface area contributed by atoms with Gasteiger partial charge in [-0.3, -0.25) is 0 Å². The predicted molar refractivity (Wildman–Crippen MR) is 67.3 cm³/mol. The van der Waals surface area contributed by atoms with Gasteiger partial charge in [-0.2, -0.15) is 0 Å². The highest BCUT2D eigenvalue weighted by Gasteiger charge is 2.44. The van der Waals surface area contributed by atoms with E-state index in [1.807, 2.05) is 0 Å². The smallest absolute Gasteiger partial charge is 0.138 e. The minimum atomic E-state index is -1.77. The van der Waals surface area contributed by atoms with Crippen LogP contribution in [0.25, 0.3) is 0 Å². The van der Waals surface area contributed by atoms with E-state index in [2.05, 4.69) is 13.2 Å². The summed E-state index contributed by atoms with van der Waals surface area (Å²) in [5, 5.41) is 55.6. The van der Waals surface area contributed by atoms with Gasteiger partial charge in [0.2, 0.25) is 0 Å². The molecule has 0 saturated heterocycles. The molecule has 0 heterocycles. The molecule has 0 atom stereocenters. The summed E-state index contributed by atoms with van der Waals surface area (Å²) in [7, 11) is 0. The lowest BCUT2D eigenvalue weighted by Crippen LogP contribution is -2.55. The first-order valence-electron chi connectivity index (χ1n) is 5.63. The molecule has 0 fully saturated rings. The molecule has 0 unspecified atom stereocenters. The highest BCUT2D eigenvalue weighted by atomic mass is 16.6. The van der Waals surface area contributed by atoms with Gasteiger partial charge in [-0.05, 0) is 11.1 Å². The molecule has 0 aromatic rings. The van der Waals surface area contributed by atoms with Crippen LogP contribution in [0.5, 0.6) is 0 Å². The number of hydrogen-bond donors (Lipinski definition) is 6. The van der Waals surface area contributed by atoms with Crippen molar-refractivity contribution in [2.45, 2.75) is 11.2 Å². The van der Waals surface area contributed by atoms with E-state index in [1.165, 1.54) is 0 Å². The minimum absolute atomic E-state index is 0.0329. The van der Waals surface area contributed by atoms with Crippen LogP contribution in [0.2, 0.25) is 0 Å². The van der Waals surface area contributed by atoms with Crippen LogP contribution in [-0.2, 0) is 4.74 Å². The van der Waals surface area contributed by atoms with E-state index in [-0.39, 0.29) is 11.1 Å². The third-order valence-corrected chi connectivity index (χ3v) is 3.08. The topological polar surface area (TPSA) is 131 Å². The monoisotopic (exact) mass is 278 g/mol. The number of ether oxygens (including phenoxy) is 1. The molecule has 19 heavy (non-hydrogen) atoms. The van der Waals surface area contributed by atoms with Gasteiger partial charge in [0.15, 0.2) is 0 Å². The molecule has 0 radical (unpaired) electrons. The summed E-state index contributed by atoms with van der Waals surface area (Å²) in [5.74, 6) is 0. The van der Waals surface area contributed by atoms with Crippen LogP contribution in [0, 0.1) is 0 Å². The molecule has 0 bridgehead atoms. The quantitative estimate of drug-likeness (QED) is 0.244. The molecule has 0 aromatic heterocycles. The third-order valence-electron chi connectivity index (χ3n) is 3.08. The maximum absolute atomic E-state index is 9.37. The largest absolute Gasteiger partial charge is 0.393 e. The molecule has 0 aromatic carbocycles. The van der Waals surface area contributed by atoms with Gasteiger partial charge >= 0.3 is 0 Å². The highest BCUT2D eigenvalue weighted by Crippen LogP contribution is 2.30. The van der Waals surface area contributed by atoms with Crippen LogP contribution in [0.3, 0.4) is 0 Å². The summed E-state index contributed by atoms with van der Waals surface area (Å²) >= 11 is 0. The lowest BCUT2D eigenvalue weighted by atomic mass is 9.91. The van der Waals surface area contributed by atoms with Gasteiger partial charge in [0.05, 0.1) is 39.6 Å². The third kappa shape index (κ3) is 3.61. The molecule has 0 spiro atoms.